The Morgan fingerprint density at radius 1 is 1.50 bits per heavy atom. The van der Waals surface area contributed by atoms with E-state index in [2.05, 4.69) is 25.9 Å². The summed E-state index contributed by atoms with van der Waals surface area (Å²) >= 11 is 9.62. The monoisotopic (exact) mass is 385 g/mol. The van der Waals surface area contributed by atoms with Gasteiger partial charge in [-0.2, -0.15) is 0 Å². The molecule has 7 heteroatoms. The highest BCUT2D eigenvalue weighted by Crippen LogP contribution is 2.44. The van der Waals surface area contributed by atoms with Gasteiger partial charge >= 0.3 is 5.97 Å². The first-order valence-corrected chi connectivity index (χ1v) is 8.40. The van der Waals surface area contributed by atoms with E-state index in [1.54, 1.807) is 6.20 Å². The standard InChI is InChI=1S/C15H17BrClN3O2/c1-15(14(21)22-2)5-3-9(4-6-15)13-19-11(16)10-12(17)18-7-8-20(10)13/h7-9H,3-6H2,1-2H3. The number of hydrogen-bond acceptors (Lipinski definition) is 4. The summed E-state index contributed by atoms with van der Waals surface area (Å²) in [7, 11) is 1.45. The van der Waals surface area contributed by atoms with E-state index in [4.69, 9.17) is 16.3 Å². The number of esters is 1. The zero-order valence-corrected chi connectivity index (χ0v) is 14.8. The average Bonchev–Trinajstić information content (AvgIpc) is 2.85. The molecule has 0 saturated heterocycles. The maximum Gasteiger partial charge on any atom is 0.311 e. The fourth-order valence-corrected chi connectivity index (χ4v) is 4.15. The quantitative estimate of drug-likeness (QED) is 0.733. The van der Waals surface area contributed by atoms with Crippen molar-refractivity contribution in [1.82, 2.24) is 14.4 Å². The smallest absolute Gasteiger partial charge is 0.311 e. The normalized spacial score (nSPS) is 25.4. The highest BCUT2D eigenvalue weighted by atomic mass is 79.9. The topological polar surface area (TPSA) is 56.5 Å². The first-order chi connectivity index (χ1) is 10.5. The third-order valence-electron chi connectivity index (χ3n) is 4.63. The molecule has 5 nitrogen and oxygen atoms in total. The number of ether oxygens (including phenoxy) is 1. The van der Waals surface area contributed by atoms with Crippen LogP contribution in [0, 0.1) is 5.41 Å². The Morgan fingerprint density at radius 3 is 2.82 bits per heavy atom. The van der Waals surface area contributed by atoms with Gasteiger partial charge in [-0.3, -0.25) is 9.20 Å². The fourth-order valence-electron chi connectivity index (χ4n) is 3.23. The summed E-state index contributed by atoms with van der Waals surface area (Å²) in [6.45, 7) is 1.98. The SMILES string of the molecule is COC(=O)C1(C)CCC(c2nc(Br)c3c(Cl)nccn23)CC1. The summed E-state index contributed by atoms with van der Waals surface area (Å²) < 4.78 is 7.63. The molecule has 0 unspecified atom stereocenters. The summed E-state index contributed by atoms with van der Waals surface area (Å²) in [6.07, 6.45) is 6.95. The molecular weight excluding hydrogens is 370 g/mol. The van der Waals surface area contributed by atoms with Gasteiger partial charge in [0.15, 0.2) is 5.15 Å². The van der Waals surface area contributed by atoms with Crippen LogP contribution in [0.25, 0.3) is 5.52 Å². The number of hydrogen-bond donors (Lipinski definition) is 0. The average molecular weight is 387 g/mol. The van der Waals surface area contributed by atoms with E-state index in [-0.39, 0.29) is 11.4 Å². The molecule has 0 N–H and O–H groups in total. The molecule has 1 fully saturated rings. The Hall–Kier alpha value is -1.14. The van der Waals surface area contributed by atoms with E-state index in [1.165, 1.54) is 7.11 Å². The Labute approximate surface area is 142 Å². The van der Waals surface area contributed by atoms with Crippen molar-refractivity contribution < 1.29 is 9.53 Å². The van der Waals surface area contributed by atoms with E-state index >= 15 is 0 Å². The minimum Gasteiger partial charge on any atom is -0.469 e. The molecule has 0 atom stereocenters. The van der Waals surface area contributed by atoms with Crippen LogP contribution < -0.4 is 0 Å². The Bertz CT molecular complexity index is 723. The number of carbonyl (C=O) groups is 1. The lowest BCUT2D eigenvalue weighted by Crippen LogP contribution is -2.33. The van der Waals surface area contributed by atoms with Crippen LogP contribution in [-0.4, -0.2) is 27.4 Å². The number of halogens is 2. The van der Waals surface area contributed by atoms with Gasteiger partial charge in [0.2, 0.25) is 0 Å². The number of fused-ring (bicyclic) bond motifs is 1. The van der Waals surface area contributed by atoms with Crippen LogP contribution in [0.15, 0.2) is 17.0 Å². The number of methoxy groups -OCH3 is 1. The van der Waals surface area contributed by atoms with Gasteiger partial charge in [-0.05, 0) is 48.5 Å². The number of rotatable bonds is 2. The summed E-state index contributed by atoms with van der Waals surface area (Å²) in [6, 6.07) is 0. The van der Waals surface area contributed by atoms with Crippen molar-refractivity contribution in [3.63, 3.8) is 0 Å². The van der Waals surface area contributed by atoms with Crippen molar-refractivity contribution in [3.05, 3.63) is 28.0 Å². The predicted octanol–water partition coefficient (Wildman–Crippen LogP) is 3.98. The molecule has 22 heavy (non-hydrogen) atoms. The van der Waals surface area contributed by atoms with Crippen molar-refractivity contribution in [3.8, 4) is 0 Å². The van der Waals surface area contributed by atoms with Crippen LogP contribution in [0.2, 0.25) is 5.15 Å². The van der Waals surface area contributed by atoms with E-state index in [9.17, 15) is 4.79 Å². The van der Waals surface area contributed by atoms with Crippen molar-refractivity contribution >= 4 is 39.0 Å². The molecule has 0 bridgehead atoms. The second-order valence-electron chi connectivity index (χ2n) is 6.02. The van der Waals surface area contributed by atoms with Gasteiger partial charge < -0.3 is 4.74 Å². The molecule has 2 heterocycles. The highest BCUT2D eigenvalue weighted by Gasteiger charge is 2.39. The van der Waals surface area contributed by atoms with Crippen LogP contribution in [0.3, 0.4) is 0 Å². The molecule has 3 rings (SSSR count). The molecule has 0 aromatic carbocycles. The molecule has 0 amide bonds. The van der Waals surface area contributed by atoms with Crippen LogP contribution in [0.5, 0.6) is 0 Å². The summed E-state index contributed by atoms with van der Waals surface area (Å²) in [5, 5.41) is 0.434. The Balaban J connectivity index is 1.89. The molecule has 0 aliphatic heterocycles. The van der Waals surface area contributed by atoms with Crippen LogP contribution in [0.1, 0.15) is 44.3 Å². The number of nitrogens with zero attached hydrogens (tertiary/aromatic N) is 3. The molecule has 0 spiro atoms. The lowest BCUT2D eigenvalue weighted by Gasteiger charge is -2.34. The molecule has 1 saturated carbocycles. The second kappa shape index (κ2) is 5.81. The molecule has 0 radical (unpaired) electrons. The number of aromatic nitrogens is 3. The Morgan fingerprint density at radius 2 is 2.18 bits per heavy atom. The largest absolute Gasteiger partial charge is 0.469 e. The first kappa shape index (κ1) is 15.7. The lowest BCUT2D eigenvalue weighted by atomic mass is 9.71. The first-order valence-electron chi connectivity index (χ1n) is 7.22. The van der Waals surface area contributed by atoms with Crippen molar-refractivity contribution in [2.24, 2.45) is 5.41 Å². The van der Waals surface area contributed by atoms with Gasteiger partial charge in [0.25, 0.3) is 0 Å². The minimum atomic E-state index is -0.380. The minimum absolute atomic E-state index is 0.118. The van der Waals surface area contributed by atoms with E-state index in [0.29, 0.717) is 15.7 Å². The maximum atomic E-state index is 11.9. The lowest BCUT2D eigenvalue weighted by molar-refractivity contribution is -0.153. The summed E-state index contributed by atoms with van der Waals surface area (Å²) in [5.41, 5.74) is 0.412. The van der Waals surface area contributed by atoms with Gasteiger partial charge in [0.05, 0.1) is 12.5 Å². The second-order valence-corrected chi connectivity index (χ2v) is 7.13. The third-order valence-corrected chi connectivity index (χ3v) is 5.46. The number of carbonyl (C=O) groups excluding carboxylic acids is 1. The van der Waals surface area contributed by atoms with Gasteiger partial charge in [-0.25, -0.2) is 9.97 Å². The molecule has 2 aromatic rings. The molecule has 118 valence electrons. The molecule has 2 aromatic heterocycles. The molecular formula is C15H17BrClN3O2. The zero-order valence-electron chi connectivity index (χ0n) is 12.5. The third kappa shape index (κ3) is 2.52. The van der Waals surface area contributed by atoms with Crippen LogP contribution in [0.4, 0.5) is 0 Å². The summed E-state index contributed by atoms with van der Waals surface area (Å²) in [4.78, 5) is 20.6. The zero-order chi connectivity index (χ0) is 15.9. The van der Waals surface area contributed by atoms with E-state index < -0.39 is 0 Å². The maximum absolute atomic E-state index is 11.9. The molecule has 1 aliphatic carbocycles. The van der Waals surface area contributed by atoms with Gasteiger partial charge in [-0.1, -0.05) is 11.6 Å². The van der Waals surface area contributed by atoms with Gasteiger partial charge in [0.1, 0.15) is 15.9 Å². The summed E-state index contributed by atoms with van der Waals surface area (Å²) in [5.74, 6) is 1.15. The van der Waals surface area contributed by atoms with E-state index in [0.717, 1.165) is 37.0 Å². The van der Waals surface area contributed by atoms with Crippen molar-refractivity contribution in [2.75, 3.05) is 7.11 Å². The molecule has 1 aliphatic rings. The predicted molar refractivity (Wildman–Crippen MR) is 87.0 cm³/mol. The van der Waals surface area contributed by atoms with E-state index in [1.807, 2.05) is 17.5 Å². The number of imidazole rings is 1. The van der Waals surface area contributed by atoms with Gasteiger partial charge in [0, 0.05) is 18.3 Å². The van der Waals surface area contributed by atoms with Crippen LogP contribution >= 0.6 is 27.5 Å². The van der Waals surface area contributed by atoms with Crippen LogP contribution in [-0.2, 0) is 9.53 Å². The van der Waals surface area contributed by atoms with Crippen molar-refractivity contribution in [1.29, 1.82) is 0 Å². The fraction of sp³-hybridized carbons (Fsp3) is 0.533. The van der Waals surface area contributed by atoms with Crippen molar-refractivity contribution in [2.45, 2.75) is 38.5 Å². The highest BCUT2D eigenvalue weighted by molar-refractivity contribution is 9.10. The Kier molecular flexibility index (Phi) is 4.16. The van der Waals surface area contributed by atoms with Gasteiger partial charge in [-0.15, -0.1) is 0 Å².